The molecule has 0 aromatic heterocycles. The summed E-state index contributed by atoms with van der Waals surface area (Å²) < 4.78 is 6.60. The molecular formula is C12H17BrO2. The van der Waals surface area contributed by atoms with E-state index in [-0.39, 0.29) is 0 Å². The Morgan fingerprint density at radius 1 is 1.47 bits per heavy atom. The lowest BCUT2D eigenvalue weighted by atomic mass is 10.1. The van der Waals surface area contributed by atoms with Gasteiger partial charge in [0.05, 0.1) is 12.7 Å². The van der Waals surface area contributed by atoms with Crippen LogP contribution in [-0.4, -0.2) is 11.7 Å². The Kier molecular flexibility index (Phi) is 5.12. The van der Waals surface area contributed by atoms with Crippen LogP contribution >= 0.6 is 15.9 Å². The summed E-state index contributed by atoms with van der Waals surface area (Å²) in [7, 11) is 0. The Balaban J connectivity index is 2.77. The van der Waals surface area contributed by atoms with E-state index in [1.54, 1.807) is 6.92 Å². The van der Waals surface area contributed by atoms with Gasteiger partial charge in [0.1, 0.15) is 5.75 Å². The summed E-state index contributed by atoms with van der Waals surface area (Å²) in [4.78, 5) is 0. The number of aliphatic hydroxyl groups excluding tert-OH is 1. The molecule has 15 heavy (non-hydrogen) atoms. The number of aliphatic hydroxyl groups is 1. The minimum absolute atomic E-state index is 0.491. The molecule has 0 fully saturated rings. The molecule has 0 aliphatic heterocycles. The van der Waals surface area contributed by atoms with E-state index in [1.807, 2.05) is 18.2 Å². The van der Waals surface area contributed by atoms with Gasteiger partial charge in [0.25, 0.3) is 0 Å². The summed E-state index contributed by atoms with van der Waals surface area (Å²) in [5, 5.41) is 9.56. The van der Waals surface area contributed by atoms with Crippen LogP contribution in [0.4, 0.5) is 0 Å². The van der Waals surface area contributed by atoms with Gasteiger partial charge in [0, 0.05) is 10.0 Å². The van der Waals surface area contributed by atoms with Crippen LogP contribution in [0.25, 0.3) is 0 Å². The minimum atomic E-state index is -0.491. The van der Waals surface area contributed by atoms with Gasteiger partial charge in [-0.3, -0.25) is 0 Å². The van der Waals surface area contributed by atoms with E-state index >= 15 is 0 Å². The maximum atomic E-state index is 9.56. The van der Waals surface area contributed by atoms with Crippen LogP contribution in [-0.2, 0) is 0 Å². The van der Waals surface area contributed by atoms with Crippen molar-refractivity contribution in [2.75, 3.05) is 6.61 Å². The van der Waals surface area contributed by atoms with E-state index in [0.29, 0.717) is 6.61 Å². The van der Waals surface area contributed by atoms with Crippen molar-refractivity contribution in [2.24, 2.45) is 0 Å². The molecule has 1 aromatic carbocycles. The van der Waals surface area contributed by atoms with Gasteiger partial charge in [-0.2, -0.15) is 0 Å². The molecular weight excluding hydrogens is 256 g/mol. The van der Waals surface area contributed by atoms with Crippen molar-refractivity contribution in [2.45, 2.75) is 32.8 Å². The molecule has 0 unspecified atom stereocenters. The molecule has 0 aliphatic carbocycles. The van der Waals surface area contributed by atoms with Gasteiger partial charge in [-0.05, 0) is 25.5 Å². The molecule has 0 bridgehead atoms. The molecule has 1 N–H and O–H groups in total. The lowest BCUT2D eigenvalue weighted by molar-refractivity contribution is 0.191. The number of hydrogen-bond donors (Lipinski definition) is 1. The monoisotopic (exact) mass is 272 g/mol. The molecule has 0 saturated carbocycles. The number of halogens is 1. The van der Waals surface area contributed by atoms with Gasteiger partial charge in [-0.25, -0.2) is 0 Å². The summed E-state index contributed by atoms with van der Waals surface area (Å²) in [5.74, 6) is 0.771. The van der Waals surface area contributed by atoms with E-state index < -0.39 is 6.10 Å². The standard InChI is InChI=1S/C12H17BrO2/c1-3-4-7-15-12-8-10(13)5-6-11(12)9(2)14/h5-6,8-9,14H,3-4,7H2,1-2H3/t9-/m1/s1. The molecule has 0 radical (unpaired) electrons. The Labute approximate surface area is 99.4 Å². The molecule has 1 aromatic rings. The van der Waals surface area contributed by atoms with Gasteiger partial charge in [-0.15, -0.1) is 0 Å². The van der Waals surface area contributed by atoms with Crippen molar-refractivity contribution in [1.82, 2.24) is 0 Å². The Bertz CT molecular complexity index is 310. The largest absolute Gasteiger partial charge is 0.493 e. The number of unbranched alkanes of at least 4 members (excludes halogenated alkanes) is 1. The lowest BCUT2D eigenvalue weighted by Gasteiger charge is -2.13. The average molecular weight is 273 g/mol. The van der Waals surface area contributed by atoms with Crippen LogP contribution in [0.5, 0.6) is 5.75 Å². The van der Waals surface area contributed by atoms with Crippen LogP contribution in [0, 0.1) is 0 Å². The van der Waals surface area contributed by atoms with Gasteiger partial charge >= 0.3 is 0 Å². The van der Waals surface area contributed by atoms with Gasteiger partial charge in [0.15, 0.2) is 0 Å². The first kappa shape index (κ1) is 12.5. The maximum absolute atomic E-state index is 9.56. The fraction of sp³-hybridized carbons (Fsp3) is 0.500. The zero-order valence-electron chi connectivity index (χ0n) is 9.16. The molecule has 84 valence electrons. The molecule has 1 atom stereocenters. The third-order valence-corrected chi connectivity index (χ3v) is 2.67. The van der Waals surface area contributed by atoms with E-state index in [9.17, 15) is 5.11 Å². The van der Waals surface area contributed by atoms with Crippen molar-refractivity contribution in [1.29, 1.82) is 0 Å². The Hall–Kier alpha value is -0.540. The molecule has 0 amide bonds. The predicted octanol–water partition coefficient (Wildman–Crippen LogP) is 3.68. The maximum Gasteiger partial charge on any atom is 0.126 e. The van der Waals surface area contributed by atoms with Gasteiger partial charge in [-0.1, -0.05) is 35.3 Å². The quantitative estimate of drug-likeness (QED) is 0.829. The minimum Gasteiger partial charge on any atom is -0.493 e. The summed E-state index contributed by atoms with van der Waals surface area (Å²) in [6.45, 7) is 4.57. The SMILES string of the molecule is CCCCOc1cc(Br)ccc1[C@@H](C)O. The van der Waals surface area contributed by atoms with Crippen LogP contribution < -0.4 is 4.74 Å². The molecule has 0 saturated heterocycles. The van der Waals surface area contributed by atoms with Crippen LogP contribution in [0.1, 0.15) is 38.4 Å². The smallest absolute Gasteiger partial charge is 0.126 e. The van der Waals surface area contributed by atoms with Gasteiger partial charge < -0.3 is 9.84 Å². The average Bonchev–Trinajstić information content (AvgIpc) is 2.18. The summed E-state index contributed by atoms with van der Waals surface area (Å²) in [6, 6.07) is 5.70. The Morgan fingerprint density at radius 3 is 2.80 bits per heavy atom. The first-order valence-electron chi connectivity index (χ1n) is 5.25. The van der Waals surface area contributed by atoms with E-state index in [0.717, 1.165) is 28.6 Å². The molecule has 0 heterocycles. The highest BCUT2D eigenvalue weighted by Gasteiger charge is 2.09. The van der Waals surface area contributed by atoms with Gasteiger partial charge in [0.2, 0.25) is 0 Å². The van der Waals surface area contributed by atoms with Crippen LogP contribution in [0.2, 0.25) is 0 Å². The zero-order chi connectivity index (χ0) is 11.3. The topological polar surface area (TPSA) is 29.5 Å². The third-order valence-electron chi connectivity index (χ3n) is 2.18. The van der Waals surface area contributed by atoms with E-state index in [4.69, 9.17) is 4.74 Å². The second kappa shape index (κ2) is 6.13. The predicted molar refractivity (Wildman–Crippen MR) is 65.2 cm³/mol. The Morgan fingerprint density at radius 2 is 2.20 bits per heavy atom. The molecule has 0 aliphatic rings. The summed E-state index contributed by atoms with van der Waals surface area (Å²) >= 11 is 3.39. The summed E-state index contributed by atoms with van der Waals surface area (Å²) in [5.41, 5.74) is 0.842. The number of benzene rings is 1. The number of hydrogen-bond acceptors (Lipinski definition) is 2. The highest BCUT2D eigenvalue weighted by Crippen LogP contribution is 2.28. The highest BCUT2D eigenvalue weighted by atomic mass is 79.9. The second-order valence-corrected chi connectivity index (χ2v) is 4.48. The van der Waals surface area contributed by atoms with Crippen LogP contribution in [0.3, 0.4) is 0 Å². The van der Waals surface area contributed by atoms with Crippen molar-refractivity contribution in [3.05, 3.63) is 28.2 Å². The normalized spacial score (nSPS) is 12.5. The molecule has 0 spiro atoms. The molecule has 3 heteroatoms. The number of rotatable bonds is 5. The summed E-state index contributed by atoms with van der Waals surface area (Å²) in [6.07, 6.45) is 1.65. The third kappa shape index (κ3) is 3.84. The lowest BCUT2D eigenvalue weighted by Crippen LogP contribution is -2.02. The van der Waals surface area contributed by atoms with Crippen molar-refractivity contribution in [3.8, 4) is 5.75 Å². The van der Waals surface area contributed by atoms with Crippen LogP contribution in [0.15, 0.2) is 22.7 Å². The van der Waals surface area contributed by atoms with Crippen molar-refractivity contribution in [3.63, 3.8) is 0 Å². The van der Waals surface area contributed by atoms with Crippen molar-refractivity contribution >= 4 is 15.9 Å². The highest BCUT2D eigenvalue weighted by molar-refractivity contribution is 9.10. The first-order valence-corrected chi connectivity index (χ1v) is 6.04. The second-order valence-electron chi connectivity index (χ2n) is 3.56. The first-order chi connectivity index (χ1) is 7.15. The fourth-order valence-electron chi connectivity index (χ4n) is 1.30. The zero-order valence-corrected chi connectivity index (χ0v) is 10.8. The fourth-order valence-corrected chi connectivity index (χ4v) is 1.64. The van der Waals surface area contributed by atoms with Crippen molar-refractivity contribution < 1.29 is 9.84 Å². The molecule has 1 rings (SSSR count). The molecule has 2 nitrogen and oxygen atoms in total. The number of ether oxygens (including phenoxy) is 1. The van der Waals surface area contributed by atoms with E-state index in [1.165, 1.54) is 0 Å². The van der Waals surface area contributed by atoms with E-state index in [2.05, 4.69) is 22.9 Å².